The zero-order valence-corrected chi connectivity index (χ0v) is 14.5. The van der Waals surface area contributed by atoms with E-state index in [1.807, 2.05) is 0 Å². The Morgan fingerprint density at radius 1 is 1.17 bits per heavy atom. The minimum absolute atomic E-state index is 0.00630. The average molecular weight is 344 g/mol. The summed E-state index contributed by atoms with van der Waals surface area (Å²) in [5.74, 6) is 0. The normalized spacial score (nSPS) is 15.2. The zero-order chi connectivity index (χ0) is 17.6. The van der Waals surface area contributed by atoms with Gasteiger partial charge in [0.05, 0.1) is 4.75 Å². The van der Waals surface area contributed by atoms with Crippen molar-refractivity contribution in [1.29, 1.82) is 0 Å². The van der Waals surface area contributed by atoms with Crippen LogP contribution in [0.4, 0.5) is 13.2 Å². The molecular weight excluding hydrogens is 325 g/mol. The van der Waals surface area contributed by atoms with E-state index in [1.165, 1.54) is 0 Å². The molecule has 0 aliphatic rings. The maximum Gasteiger partial charge on any atom is 0.434 e. The maximum absolute atomic E-state index is 13.6. The summed E-state index contributed by atoms with van der Waals surface area (Å²) in [6.07, 6.45) is -4.68. The number of halogens is 3. The molecule has 1 heterocycles. The van der Waals surface area contributed by atoms with Gasteiger partial charge in [0.2, 0.25) is 0 Å². The van der Waals surface area contributed by atoms with E-state index in [4.69, 9.17) is 0 Å². The molecule has 2 rings (SSSR count). The van der Waals surface area contributed by atoms with Crippen LogP contribution in [-0.2, 0) is 18.0 Å². The van der Waals surface area contributed by atoms with Gasteiger partial charge in [-0.15, -0.1) is 0 Å². The lowest BCUT2D eigenvalue weighted by Gasteiger charge is -2.17. The zero-order valence-electron chi connectivity index (χ0n) is 13.7. The highest BCUT2D eigenvalue weighted by Gasteiger charge is 2.41. The minimum atomic E-state index is -4.68. The number of hydrogen-bond acceptors (Lipinski definition) is 1. The molecule has 1 aromatic carbocycles. The van der Waals surface area contributed by atoms with Gasteiger partial charge in [0.1, 0.15) is 11.0 Å². The molecule has 0 aliphatic carbocycles. The largest absolute Gasteiger partial charge is 0.434 e. The smallest absolute Gasteiger partial charge is 0.347 e. The molecule has 0 saturated heterocycles. The van der Waals surface area contributed by atoms with E-state index in [0.29, 0.717) is 16.6 Å². The van der Waals surface area contributed by atoms with Crippen molar-refractivity contribution in [2.45, 2.75) is 38.6 Å². The molecule has 0 amide bonds. The maximum atomic E-state index is 13.6. The molecular formula is C16H19F3N2OS. The first-order chi connectivity index (χ1) is 10.4. The van der Waals surface area contributed by atoms with Gasteiger partial charge in [0.15, 0.2) is 5.71 Å². The van der Waals surface area contributed by atoms with Crippen LogP contribution in [0.15, 0.2) is 28.7 Å². The van der Waals surface area contributed by atoms with Gasteiger partial charge in [0.25, 0.3) is 0 Å². The fraction of sp³-hybridized carbons (Fsp3) is 0.438. The van der Waals surface area contributed by atoms with Crippen LogP contribution < -0.4 is 0 Å². The molecule has 2 aromatic rings. The third-order valence-electron chi connectivity index (χ3n) is 3.60. The van der Waals surface area contributed by atoms with E-state index in [0.717, 1.165) is 0 Å². The number of aromatic nitrogens is 1. The molecule has 0 saturated carbocycles. The van der Waals surface area contributed by atoms with Crippen molar-refractivity contribution in [3.8, 4) is 0 Å². The molecule has 126 valence electrons. The summed E-state index contributed by atoms with van der Waals surface area (Å²) in [7, 11) is -0.293. The van der Waals surface area contributed by atoms with Gasteiger partial charge in [0, 0.05) is 29.2 Å². The summed E-state index contributed by atoms with van der Waals surface area (Å²) < 4.78 is 57.3. The Labute approximate surface area is 135 Å². The first-order valence-corrected chi connectivity index (χ1v) is 8.17. The van der Waals surface area contributed by atoms with Crippen LogP contribution in [0.2, 0.25) is 0 Å². The molecule has 0 bridgehead atoms. The Morgan fingerprint density at radius 3 is 2.26 bits per heavy atom. The predicted molar refractivity (Wildman–Crippen MR) is 88.1 cm³/mol. The average Bonchev–Trinajstić information content (AvgIpc) is 2.67. The van der Waals surface area contributed by atoms with Crippen LogP contribution in [0.3, 0.4) is 0 Å². The lowest BCUT2D eigenvalue weighted by atomic mass is 10.1. The molecule has 1 unspecified atom stereocenters. The van der Waals surface area contributed by atoms with E-state index in [9.17, 15) is 17.4 Å². The van der Waals surface area contributed by atoms with Gasteiger partial charge in [-0.1, -0.05) is 18.2 Å². The van der Waals surface area contributed by atoms with Crippen LogP contribution in [-0.4, -0.2) is 25.4 Å². The van der Waals surface area contributed by atoms with Gasteiger partial charge in [-0.05, 0) is 33.8 Å². The molecule has 3 nitrogen and oxygen atoms in total. The summed E-state index contributed by atoms with van der Waals surface area (Å²) in [5.41, 5.74) is 0.0277. The molecule has 1 aromatic heterocycles. The Morgan fingerprint density at radius 2 is 1.74 bits per heavy atom. The second kappa shape index (κ2) is 5.78. The molecule has 0 fully saturated rings. The monoisotopic (exact) mass is 344 g/mol. The van der Waals surface area contributed by atoms with Crippen molar-refractivity contribution in [2.24, 2.45) is 11.4 Å². The lowest BCUT2D eigenvalue weighted by molar-refractivity contribution is -0.0578. The van der Waals surface area contributed by atoms with Gasteiger partial charge in [-0.2, -0.15) is 17.6 Å². The number of hydrogen-bond donors (Lipinski definition) is 0. The molecule has 0 N–H and O–H groups in total. The van der Waals surface area contributed by atoms with Crippen molar-refractivity contribution >= 4 is 27.6 Å². The van der Waals surface area contributed by atoms with Gasteiger partial charge in [-0.25, -0.2) is 4.21 Å². The summed E-state index contributed by atoms with van der Waals surface area (Å²) in [4.78, 5) is 0. The van der Waals surface area contributed by atoms with Crippen molar-refractivity contribution in [3.63, 3.8) is 0 Å². The fourth-order valence-corrected chi connectivity index (χ4v) is 2.91. The number of alkyl halides is 3. The van der Waals surface area contributed by atoms with Crippen molar-refractivity contribution < 1.29 is 17.4 Å². The summed E-state index contributed by atoms with van der Waals surface area (Å²) in [6.45, 7) is 6.39. The van der Waals surface area contributed by atoms with Crippen molar-refractivity contribution in [1.82, 2.24) is 4.57 Å². The Hall–Kier alpha value is -1.63. The van der Waals surface area contributed by atoms with E-state index in [2.05, 4.69) is 4.40 Å². The fourth-order valence-electron chi connectivity index (χ4n) is 2.28. The Balaban J connectivity index is 2.80. The molecule has 0 spiro atoms. The van der Waals surface area contributed by atoms with E-state index >= 15 is 0 Å². The number of rotatable bonds is 2. The second-order valence-corrected chi connectivity index (χ2v) is 8.24. The number of benzene rings is 1. The van der Waals surface area contributed by atoms with Crippen molar-refractivity contribution in [3.05, 3.63) is 35.5 Å². The molecule has 1 atom stereocenters. The second-order valence-electron chi connectivity index (χ2n) is 6.34. The summed E-state index contributed by atoms with van der Waals surface area (Å²) >= 11 is 0. The molecule has 0 radical (unpaired) electrons. The number of aryl methyl sites for hydroxylation is 1. The van der Waals surface area contributed by atoms with Crippen LogP contribution in [0, 0.1) is 6.92 Å². The van der Waals surface area contributed by atoms with Crippen LogP contribution in [0.1, 0.15) is 32.0 Å². The van der Waals surface area contributed by atoms with Gasteiger partial charge < -0.3 is 4.57 Å². The highest BCUT2D eigenvalue weighted by atomic mass is 32.2. The topological polar surface area (TPSA) is 34.4 Å². The van der Waals surface area contributed by atoms with E-state index in [1.54, 1.807) is 63.6 Å². The highest BCUT2D eigenvalue weighted by Crippen LogP contribution is 2.32. The standard InChI is InChI=1S/C16H19F3N2OS/c1-10-13(11-8-6-7-9-12(11)21(10)5)14(16(17,18)19)20-23(22)15(2,3)4/h6-9H,1-5H3/b20-14-. The third-order valence-corrected chi connectivity index (χ3v) is 5.00. The predicted octanol–water partition coefficient (Wildman–Crippen LogP) is 4.30. The van der Waals surface area contributed by atoms with Crippen molar-refractivity contribution in [2.75, 3.05) is 0 Å². The SMILES string of the molecule is Cc1c(/C(=N/S(=O)C(C)(C)C)C(F)(F)F)c2ccccc2n1C. The van der Waals surface area contributed by atoms with Crippen LogP contribution in [0.25, 0.3) is 10.9 Å². The highest BCUT2D eigenvalue weighted by molar-refractivity contribution is 7.85. The lowest BCUT2D eigenvalue weighted by Crippen LogP contribution is -2.28. The first-order valence-electron chi connectivity index (χ1n) is 7.07. The molecule has 0 aliphatic heterocycles. The molecule has 23 heavy (non-hydrogen) atoms. The van der Waals surface area contributed by atoms with E-state index < -0.39 is 27.6 Å². The molecule has 7 heteroatoms. The van der Waals surface area contributed by atoms with Gasteiger partial charge in [-0.3, -0.25) is 0 Å². The number of nitrogens with zero attached hydrogens (tertiary/aromatic N) is 2. The quantitative estimate of drug-likeness (QED) is 0.748. The number of para-hydroxylation sites is 1. The van der Waals surface area contributed by atoms with Crippen LogP contribution in [0.5, 0.6) is 0 Å². The Bertz CT molecular complexity index is 798. The first kappa shape index (κ1) is 17.7. The minimum Gasteiger partial charge on any atom is -0.347 e. The number of fused-ring (bicyclic) bond motifs is 1. The van der Waals surface area contributed by atoms with Crippen LogP contribution >= 0.6 is 0 Å². The van der Waals surface area contributed by atoms with E-state index in [-0.39, 0.29) is 5.56 Å². The Kier molecular flexibility index (Phi) is 4.45. The third kappa shape index (κ3) is 3.34. The summed E-state index contributed by atoms with van der Waals surface area (Å²) in [6, 6.07) is 6.82. The van der Waals surface area contributed by atoms with Gasteiger partial charge >= 0.3 is 6.18 Å². The summed E-state index contributed by atoms with van der Waals surface area (Å²) in [5, 5.41) is 0.453.